The van der Waals surface area contributed by atoms with E-state index in [0.29, 0.717) is 42.5 Å². The van der Waals surface area contributed by atoms with Crippen LogP contribution in [0.4, 0.5) is 11.4 Å². The molecule has 0 bridgehead atoms. The normalized spacial score (nSPS) is 13.7. The third-order valence-corrected chi connectivity index (χ3v) is 7.47. The second kappa shape index (κ2) is 12.1. The molecule has 0 fully saturated rings. The van der Waals surface area contributed by atoms with Gasteiger partial charge in [0, 0.05) is 18.2 Å². The van der Waals surface area contributed by atoms with E-state index in [1.807, 2.05) is 44.2 Å². The fraction of sp³-hybridized carbons (Fsp3) is 0.286. The number of hydrogen-bond acceptors (Lipinski definition) is 6. The Morgan fingerprint density at radius 2 is 1.74 bits per heavy atom. The zero-order chi connectivity index (χ0) is 27.1. The van der Waals surface area contributed by atoms with Crippen LogP contribution in [0.15, 0.2) is 71.6 Å². The molecule has 1 aliphatic heterocycles. The molecule has 0 saturated carbocycles. The third-order valence-electron chi connectivity index (χ3n) is 6.00. The van der Waals surface area contributed by atoms with E-state index in [4.69, 9.17) is 9.47 Å². The molecule has 0 aliphatic carbocycles. The molecule has 9 nitrogen and oxygen atoms in total. The summed E-state index contributed by atoms with van der Waals surface area (Å²) >= 11 is 0. The average Bonchev–Trinajstić information content (AvgIpc) is 2.90. The monoisotopic (exact) mass is 537 g/mol. The van der Waals surface area contributed by atoms with Crippen LogP contribution < -0.4 is 24.8 Å². The Morgan fingerprint density at radius 1 is 0.974 bits per heavy atom. The van der Waals surface area contributed by atoms with Crippen LogP contribution in [0, 0.1) is 0 Å². The predicted molar refractivity (Wildman–Crippen MR) is 145 cm³/mol. The van der Waals surface area contributed by atoms with E-state index in [2.05, 4.69) is 15.4 Å². The standard InChI is InChI=1S/C28H31N3O6S/c1-3-36-21-11-14-26(37-4-2)24(18-21)30-28(33)25(16-19-8-6-5-7-9-19)31-38(34,35)22-12-13-23-20(17-22)10-15-27(32)29-23/h5-9,11-14,17-18,25,31H,3-4,10,15-16H2,1-2H3,(H,29,32)(H,30,33). The second-order valence-corrected chi connectivity index (χ2v) is 10.5. The van der Waals surface area contributed by atoms with Gasteiger partial charge in [0.05, 0.1) is 23.8 Å². The molecule has 3 aromatic rings. The van der Waals surface area contributed by atoms with Gasteiger partial charge in [0.2, 0.25) is 21.8 Å². The Balaban J connectivity index is 1.62. The number of aryl methyl sites for hydroxylation is 1. The molecule has 1 atom stereocenters. The molecule has 3 N–H and O–H groups in total. The zero-order valence-corrected chi connectivity index (χ0v) is 22.1. The van der Waals surface area contributed by atoms with Crippen LogP contribution in [-0.2, 0) is 32.5 Å². The van der Waals surface area contributed by atoms with Gasteiger partial charge in [-0.2, -0.15) is 4.72 Å². The van der Waals surface area contributed by atoms with Gasteiger partial charge in [0.15, 0.2) is 0 Å². The highest BCUT2D eigenvalue weighted by atomic mass is 32.2. The molecule has 0 spiro atoms. The number of amides is 2. The summed E-state index contributed by atoms with van der Waals surface area (Å²) < 4.78 is 40.7. The summed E-state index contributed by atoms with van der Waals surface area (Å²) in [5, 5.41) is 5.57. The lowest BCUT2D eigenvalue weighted by Crippen LogP contribution is -2.45. The van der Waals surface area contributed by atoms with Crippen LogP contribution in [-0.4, -0.2) is 39.5 Å². The summed E-state index contributed by atoms with van der Waals surface area (Å²) in [5.41, 5.74) is 2.49. The maximum atomic E-state index is 13.5. The molecule has 4 rings (SSSR count). The van der Waals surface area contributed by atoms with Crippen molar-refractivity contribution in [3.63, 3.8) is 0 Å². The summed E-state index contributed by atoms with van der Waals surface area (Å²) in [7, 11) is -4.08. The minimum Gasteiger partial charge on any atom is -0.494 e. The van der Waals surface area contributed by atoms with Crippen LogP contribution in [0.3, 0.4) is 0 Å². The number of ether oxygens (including phenoxy) is 2. The highest BCUT2D eigenvalue weighted by Gasteiger charge is 2.28. The van der Waals surface area contributed by atoms with Crippen LogP contribution in [0.25, 0.3) is 0 Å². The molecule has 10 heteroatoms. The highest BCUT2D eigenvalue weighted by molar-refractivity contribution is 7.89. The third kappa shape index (κ3) is 6.70. The maximum absolute atomic E-state index is 13.5. The maximum Gasteiger partial charge on any atom is 0.243 e. The number of fused-ring (bicyclic) bond motifs is 1. The van der Waals surface area contributed by atoms with E-state index in [1.165, 1.54) is 12.1 Å². The van der Waals surface area contributed by atoms with Gasteiger partial charge in [-0.25, -0.2) is 8.42 Å². The van der Waals surface area contributed by atoms with Crippen molar-refractivity contribution in [2.45, 2.75) is 44.0 Å². The minimum absolute atomic E-state index is 0.0200. The molecule has 2 amide bonds. The summed E-state index contributed by atoms with van der Waals surface area (Å²) in [6.07, 6.45) is 0.850. The molecule has 38 heavy (non-hydrogen) atoms. The molecule has 0 radical (unpaired) electrons. The first-order chi connectivity index (χ1) is 18.3. The molecule has 1 unspecified atom stereocenters. The molecule has 0 aromatic heterocycles. The van der Waals surface area contributed by atoms with E-state index in [1.54, 1.807) is 24.3 Å². The summed E-state index contributed by atoms with van der Waals surface area (Å²) in [5.74, 6) is 0.345. The topological polar surface area (TPSA) is 123 Å². The van der Waals surface area contributed by atoms with Crippen molar-refractivity contribution in [2.24, 2.45) is 0 Å². The number of nitrogens with one attached hydrogen (secondary N) is 3. The average molecular weight is 538 g/mol. The molecular formula is C28H31N3O6S. The van der Waals surface area contributed by atoms with Gasteiger partial charge in [-0.05, 0) is 68.1 Å². The number of carbonyl (C=O) groups is 2. The van der Waals surface area contributed by atoms with Crippen molar-refractivity contribution in [3.05, 3.63) is 77.9 Å². The molecule has 1 heterocycles. The number of benzene rings is 3. The van der Waals surface area contributed by atoms with E-state index in [-0.39, 0.29) is 23.6 Å². The van der Waals surface area contributed by atoms with Crippen LogP contribution in [0.2, 0.25) is 0 Å². The largest absolute Gasteiger partial charge is 0.494 e. The molecule has 0 saturated heterocycles. The number of rotatable bonds is 11. The van der Waals surface area contributed by atoms with Crippen LogP contribution in [0.1, 0.15) is 31.4 Å². The van der Waals surface area contributed by atoms with Crippen LogP contribution in [0.5, 0.6) is 11.5 Å². The Morgan fingerprint density at radius 3 is 2.47 bits per heavy atom. The predicted octanol–water partition coefficient (Wildman–Crippen LogP) is 3.90. The van der Waals surface area contributed by atoms with Gasteiger partial charge in [-0.1, -0.05) is 30.3 Å². The highest BCUT2D eigenvalue weighted by Crippen LogP contribution is 2.30. The van der Waals surface area contributed by atoms with Gasteiger partial charge in [0.1, 0.15) is 17.5 Å². The van der Waals surface area contributed by atoms with Gasteiger partial charge in [-0.3, -0.25) is 9.59 Å². The van der Waals surface area contributed by atoms with Gasteiger partial charge < -0.3 is 20.1 Å². The lowest BCUT2D eigenvalue weighted by atomic mass is 10.0. The van der Waals surface area contributed by atoms with E-state index in [9.17, 15) is 18.0 Å². The van der Waals surface area contributed by atoms with Crippen molar-refractivity contribution >= 4 is 33.2 Å². The molecule has 3 aromatic carbocycles. The Bertz CT molecular complexity index is 1410. The second-order valence-electron chi connectivity index (χ2n) is 8.74. The molecular weight excluding hydrogens is 506 g/mol. The number of sulfonamides is 1. The summed E-state index contributed by atoms with van der Waals surface area (Å²) in [6.45, 7) is 4.52. The lowest BCUT2D eigenvalue weighted by Gasteiger charge is -2.21. The SMILES string of the molecule is CCOc1ccc(OCC)c(NC(=O)C(Cc2ccccc2)NS(=O)(=O)c2ccc3c(c2)CCC(=O)N3)c1. The Hall–Kier alpha value is -3.89. The van der Waals surface area contributed by atoms with Gasteiger partial charge in [0.25, 0.3) is 0 Å². The molecule has 1 aliphatic rings. The number of carbonyl (C=O) groups excluding carboxylic acids is 2. The lowest BCUT2D eigenvalue weighted by molar-refractivity contribution is -0.118. The first-order valence-electron chi connectivity index (χ1n) is 12.5. The summed E-state index contributed by atoms with van der Waals surface area (Å²) in [4.78, 5) is 25.2. The fourth-order valence-corrected chi connectivity index (χ4v) is 5.43. The zero-order valence-electron chi connectivity index (χ0n) is 21.3. The number of anilines is 2. The van der Waals surface area contributed by atoms with E-state index in [0.717, 1.165) is 11.1 Å². The van der Waals surface area contributed by atoms with Crippen molar-refractivity contribution < 1.29 is 27.5 Å². The quantitative estimate of drug-likeness (QED) is 0.341. The first kappa shape index (κ1) is 27.2. The molecule has 200 valence electrons. The van der Waals surface area contributed by atoms with Crippen molar-refractivity contribution in [3.8, 4) is 11.5 Å². The van der Waals surface area contributed by atoms with Crippen molar-refractivity contribution in [1.82, 2.24) is 4.72 Å². The van der Waals surface area contributed by atoms with Gasteiger partial charge >= 0.3 is 0 Å². The minimum atomic E-state index is -4.08. The number of hydrogen-bond donors (Lipinski definition) is 3. The Kier molecular flexibility index (Phi) is 8.65. The van der Waals surface area contributed by atoms with Crippen molar-refractivity contribution in [2.75, 3.05) is 23.8 Å². The smallest absolute Gasteiger partial charge is 0.243 e. The van der Waals surface area contributed by atoms with Crippen LogP contribution >= 0.6 is 0 Å². The summed E-state index contributed by atoms with van der Waals surface area (Å²) in [6, 6.07) is 17.7. The fourth-order valence-electron chi connectivity index (χ4n) is 4.18. The first-order valence-corrected chi connectivity index (χ1v) is 14.0. The van der Waals surface area contributed by atoms with Gasteiger partial charge in [-0.15, -0.1) is 0 Å². The van der Waals surface area contributed by atoms with E-state index < -0.39 is 22.0 Å². The Labute approximate surface area is 222 Å². The van der Waals surface area contributed by atoms with Crippen molar-refractivity contribution in [1.29, 1.82) is 0 Å². The van der Waals surface area contributed by atoms with E-state index >= 15 is 0 Å².